The largest absolute Gasteiger partial charge is 0.481 e. The number of carboxylic acids is 1. The summed E-state index contributed by atoms with van der Waals surface area (Å²) in [6, 6.07) is -0.0643. The molecule has 0 saturated heterocycles. The zero-order chi connectivity index (χ0) is 14.3. The van der Waals surface area contributed by atoms with E-state index in [2.05, 4.69) is 10.6 Å². The van der Waals surface area contributed by atoms with Gasteiger partial charge in [-0.1, -0.05) is 26.2 Å². The third-order valence-corrected chi connectivity index (χ3v) is 3.58. The van der Waals surface area contributed by atoms with Crippen molar-refractivity contribution in [3.63, 3.8) is 0 Å². The molecule has 0 aromatic carbocycles. The van der Waals surface area contributed by atoms with E-state index < -0.39 is 11.4 Å². The molecule has 6 nitrogen and oxygen atoms in total. The topological polar surface area (TPSA) is 98.7 Å². The standard InChI is InChI=1S/C13H24N2O4/c1-13(9-16,7-11(17)18)8-14-12(19)15-10-5-3-2-4-6-10/h10,16H,2-9H2,1H3,(H,17,18)(H2,14,15,19). The number of aliphatic carboxylic acids is 1. The fourth-order valence-electron chi connectivity index (χ4n) is 2.32. The zero-order valence-corrected chi connectivity index (χ0v) is 11.4. The molecule has 1 unspecified atom stereocenters. The van der Waals surface area contributed by atoms with Gasteiger partial charge in [-0.05, 0) is 12.8 Å². The van der Waals surface area contributed by atoms with Gasteiger partial charge in [0.25, 0.3) is 0 Å². The zero-order valence-electron chi connectivity index (χ0n) is 11.4. The highest BCUT2D eigenvalue weighted by Gasteiger charge is 2.27. The van der Waals surface area contributed by atoms with Gasteiger partial charge in [0.2, 0.25) is 0 Å². The second-order valence-corrected chi connectivity index (χ2v) is 5.70. The maximum absolute atomic E-state index is 11.7. The van der Waals surface area contributed by atoms with Crippen LogP contribution >= 0.6 is 0 Å². The summed E-state index contributed by atoms with van der Waals surface area (Å²) in [7, 11) is 0. The van der Waals surface area contributed by atoms with Crippen LogP contribution < -0.4 is 10.6 Å². The molecule has 19 heavy (non-hydrogen) atoms. The predicted molar refractivity (Wildman–Crippen MR) is 70.9 cm³/mol. The fourth-order valence-corrected chi connectivity index (χ4v) is 2.32. The minimum atomic E-state index is -0.981. The number of nitrogens with one attached hydrogen (secondary N) is 2. The monoisotopic (exact) mass is 272 g/mol. The average molecular weight is 272 g/mol. The Hall–Kier alpha value is -1.30. The molecule has 4 N–H and O–H groups in total. The summed E-state index contributed by atoms with van der Waals surface area (Å²) in [6.07, 6.45) is 5.32. The summed E-state index contributed by atoms with van der Waals surface area (Å²) >= 11 is 0. The number of aliphatic hydroxyl groups is 1. The third kappa shape index (κ3) is 5.92. The molecule has 0 aromatic rings. The Morgan fingerprint density at radius 2 is 1.89 bits per heavy atom. The van der Waals surface area contributed by atoms with Crippen LogP contribution in [-0.4, -0.2) is 41.4 Å². The smallest absolute Gasteiger partial charge is 0.315 e. The van der Waals surface area contributed by atoms with Gasteiger partial charge in [-0.25, -0.2) is 4.79 Å². The number of carbonyl (C=O) groups excluding carboxylic acids is 1. The SMILES string of the molecule is CC(CO)(CNC(=O)NC1CCCCC1)CC(=O)O. The minimum absolute atomic E-state index is 0.147. The summed E-state index contributed by atoms with van der Waals surface area (Å²) in [6.45, 7) is 1.51. The lowest BCUT2D eigenvalue weighted by Gasteiger charge is -2.27. The molecule has 1 aliphatic carbocycles. The van der Waals surface area contributed by atoms with E-state index in [1.54, 1.807) is 6.92 Å². The molecule has 0 radical (unpaired) electrons. The second kappa shape index (κ2) is 7.33. The summed E-state index contributed by atoms with van der Waals surface area (Å²) in [5.41, 5.74) is -0.824. The first-order valence-corrected chi connectivity index (χ1v) is 6.82. The van der Waals surface area contributed by atoms with Crippen LogP contribution in [0.1, 0.15) is 45.4 Å². The van der Waals surface area contributed by atoms with Crippen molar-refractivity contribution in [3.05, 3.63) is 0 Å². The number of hydrogen-bond acceptors (Lipinski definition) is 3. The first-order chi connectivity index (χ1) is 8.95. The summed E-state index contributed by atoms with van der Waals surface area (Å²) in [5.74, 6) is -0.981. The Morgan fingerprint density at radius 3 is 2.42 bits per heavy atom. The van der Waals surface area contributed by atoms with E-state index in [1.807, 2.05) is 0 Å². The second-order valence-electron chi connectivity index (χ2n) is 5.70. The van der Waals surface area contributed by atoms with Gasteiger partial charge in [0.15, 0.2) is 0 Å². The van der Waals surface area contributed by atoms with Gasteiger partial charge in [0.1, 0.15) is 0 Å². The first kappa shape index (κ1) is 15.8. The van der Waals surface area contributed by atoms with E-state index in [-0.39, 0.29) is 31.6 Å². The van der Waals surface area contributed by atoms with Crippen LogP contribution in [0.25, 0.3) is 0 Å². The minimum Gasteiger partial charge on any atom is -0.481 e. The summed E-state index contributed by atoms with van der Waals surface area (Å²) < 4.78 is 0. The molecule has 6 heteroatoms. The van der Waals surface area contributed by atoms with Crippen molar-refractivity contribution < 1.29 is 19.8 Å². The highest BCUT2D eigenvalue weighted by Crippen LogP contribution is 2.20. The molecule has 1 aliphatic rings. The number of carboxylic acid groups (broad SMARTS) is 1. The van der Waals surface area contributed by atoms with Gasteiger partial charge in [-0.2, -0.15) is 0 Å². The molecule has 0 bridgehead atoms. The van der Waals surface area contributed by atoms with E-state index in [0.29, 0.717) is 0 Å². The van der Waals surface area contributed by atoms with Gasteiger partial charge in [-0.15, -0.1) is 0 Å². The number of urea groups is 1. The highest BCUT2D eigenvalue weighted by atomic mass is 16.4. The molecule has 110 valence electrons. The van der Waals surface area contributed by atoms with Crippen LogP contribution in [0.3, 0.4) is 0 Å². The molecule has 2 amide bonds. The molecule has 0 aromatic heterocycles. The lowest BCUT2D eigenvalue weighted by molar-refractivity contribution is -0.140. The number of rotatable bonds is 6. The van der Waals surface area contributed by atoms with Gasteiger partial charge in [-0.3, -0.25) is 4.79 Å². The van der Waals surface area contributed by atoms with Crippen molar-refractivity contribution in [3.8, 4) is 0 Å². The number of aliphatic hydroxyl groups excluding tert-OH is 1. The third-order valence-electron chi connectivity index (χ3n) is 3.58. The molecular formula is C13H24N2O4. The average Bonchev–Trinajstić information content (AvgIpc) is 2.37. The molecule has 1 rings (SSSR count). The van der Waals surface area contributed by atoms with Crippen molar-refractivity contribution in [2.24, 2.45) is 5.41 Å². The maximum atomic E-state index is 11.7. The highest BCUT2D eigenvalue weighted by molar-refractivity contribution is 5.74. The van der Waals surface area contributed by atoms with Crippen LogP contribution in [0, 0.1) is 5.41 Å². The molecular weight excluding hydrogens is 248 g/mol. The van der Waals surface area contributed by atoms with Gasteiger partial charge >= 0.3 is 12.0 Å². The van der Waals surface area contributed by atoms with Crippen LogP contribution in [0.5, 0.6) is 0 Å². The Labute approximate surface area is 113 Å². The van der Waals surface area contributed by atoms with Crippen molar-refractivity contribution in [2.75, 3.05) is 13.2 Å². The van der Waals surface area contributed by atoms with Crippen LogP contribution in [-0.2, 0) is 4.79 Å². The van der Waals surface area contributed by atoms with E-state index in [0.717, 1.165) is 25.7 Å². The molecule has 0 aliphatic heterocycles. The normalized spacial score (nSPS) is 19.5. The van der Waals surface area contributed by atoms with Crippen LogP contribution in [0.4, 0.5) is 4.79 Å². The van der Waals surface area contributed by atoms with Crippen molar-refractivity contribution in [1.29, 1.82) is 0 Å². The Kier molecular flexibility index (Phi) is 6.08. The molecule has 1 saturated carbocycles. The van der Waals surface area contributed by atoms with Gasteiger partial charge < -0.3 is 20.8 Å². The number of amides is 2. The van der Waals surface area contributed by atoms with Crippen molar-refractivity contribution in [2.45, 2.75) is 51.5 Å². The van der Waals surface area contributed by atoms with Crippen molar-refractivity contribution >= 4 is 12.0 Å². The first-order valence-electron chi connectivity index (χ1n) is 6.82. The maximum Gasteiger partial charge on any atom is 0.315 e. The molecule has 1 atom stereocenters. The van der Waals surface area contributed by atoms with Gasteiger partial charge in [0, 0.05) is 18.0 Å². The lowest BCUT2D eigenvalue weighted by atomic mass is 9.88. The van der Waals surface area contributed by atoms with E-state index >= 15 is 0 Å². The van der Waals surface area contributed by atoms with Crippen LogP contribution in [0.15, 0.2) is 0 Å². The number of carbonyl (C=O) groups is 2. The van der Waals surface area contributed by atoms with Crippen LogP contribution in [0.2, 0.25) is 0 Å². The van der Waals surface area contributed by atoms with Crippen molar-refractivity contribution in [1.82, 2.24) is 10.6 Å². The van der Waals surface area contributed by atoms with E-state index in [9.17, 15) is 14.7 Å². The fraction of sp³-hybridized carbons (Fsp3) is 0.846. The predicted octanol–water partition coefficient (Wildman–Crippen LogP) is 1.09. The summed E-state index contributed by atoms with van der Waals surface area (Å²) in [5, 5.41) is 23.5. The molecule has 0 heterocycles. The molecule has 0 spiro atoms. The van der Waals surface area contributed by atoms with E-state index in [1.165, 1.54) is 6.42 Å². The Bertz CT molecular complexity index is 316. The quantitative estimate of drug-likeness (QED) is 0.581. The van der Waals surface area contributed by atoms with E-state index in [4.69, 9.17) is 5.11 Å². The molecule has 1 fully saturated rings. The lowest BCUT2D eigenvalue weighted by Crippen LogP contribution is -2.47. The Morgan fingerprint density at radius 1 is 1.26 bits per heavy atom. The van der Waals surface area contributed by atoms with Gasteiger partial charge in [0.05, 0.1) is 13.0 Å². The summed E-state index contributed by atoms with van der Waals surface area (Å²) in [4.78, 5) is 22.4. The Balaban J connectivity index is 2.32. The number of hydrogen-bond donors (Lipinski definition) is 4.